The Balaban J connectivity index is 1.74. The second-order valence-corrected chi connectivity index (χ2v) is 5.96. The number of hydrogen-bond donors (Lipinski definition) is 2. The van der Waals surface area contributed by atoms with Crippen molar-refractivity contribution in [3.63, 3.8) is 0 Å². The SMILES string of the molecule is O=C(NC1CCCNC1=O)c1ccc(-c2cc(C(F)(F)F)ccn2)cc1. The molecule has 0 bridgehead atoms. The number of alkyl halides is 3. The predicted octanol–water partition coefficient (Wildman–Crippen LogP) is 2.78. The van der Waals surface area contributed by atoms with E-state index in [-0.39, 0.29) is 11.6 Å². The smallest absolute Gasteiger partial charge is 0.354 e. The molecular formula is C18H16F3N3O2. The summed E-state index contributed by atoms with van der Waals surface area (Å²) in [7, 11) is 0. The van der Waals surface area contributed by atoms with E-state index < -0.39 is 23.7 Å². The molecule has 0 spiro atoms. The highest BCUT2D eigenvalue weighted by molar-refractivity contribution is 5.98. The lowest BCUT2D eigenvalue weighted by Crippen LogP contribution is -2.50. The number of hydrogen-bond acceptors (Lipinski definition) is 3. The number of benzene rings is 1. The third-order valence-corrected chi connectivity index (χ3v) is 4.12. The van der Waals surface area contributed by atoms with Crippen molar-refractivity contribution >= 4 is 11.8 Å². The van der Waals surface area contributed by atoms with E-state index in [1.165, 1.54) is 24.3 Å². The van der Waals surface area contributed by atoms with Gasteiger partial charge in [0.15, 0.2) is 0 Å². The van der Waals surface area contributed by atoms with Gasteiger partial charge in [-0.3, -0.25) is 14.6 Å². The Morgan fingerprint density at radius 2 is 1.92 bits per heavy atom. The van der Waals surface area contributed by atoms with Crippen molar-refractivity contribution in [1.29, 1.82) is 0 Å². The number of halogens is 3. The van der Waals surface area contributed by atoms with Crippen LogP contribution in [0, 0.1) is 0 Å². The van der Waals surface area contributed by atoms with E-state index in [0.717, 1.165) is 24.8 Å². The van der Waals surface area contributed by atoms with E-state index in [2.05, 4.69) is 15.6 Å². The number of carbonyl (C=O) groups is 2. The number of pyridine rings is 1. The van der Waals surface area contributed by atoms with Crippen molar-refractivity contribution in [3.8, 4) is 11.3 Å². The van der Waals surface area contributed by atoms with Gasteiger partial charge in [0.1, 0.15) is 6.04 Å². The van der Waals surface area contributed by atoms with Crippen molar-refractivity contribution in [3.05, 3.63) is 53.7 Å². The number of rotatable bonds is 3. The lowest BCUT2D eigenvalue weighted by Gasteiger charge is -2.22. The zero-order valence-corrected chi connectivity index (χ0v) is 13.6. The molecule has 3 rings (SSSR count). The number of carbonyl (C=O) groups excluding carboxylic acids is 2. The van der Waals surface area contributed by atoms with Crippen LogP contribution in [0.15, 0.2) is 42.6 Å². The largest absolute Gasteiger partial charge is 0.416 e. The van der Waals surface area contributed by atoms with Crippen LogP contribution in [0.2, 0.25) is 0 Å². The van der Waals surface area contributed by atoms with Gasteiger partial charge in [0, 0.05) is 23.9 Å². The Hall–Kier alpha value is -2.90. The molecule has 1 aliphatic heterocycles. The minimum atomic E-state index is -4.45. The molecule has 1 atom stereocenters. The summed E-state index contributed by atoms with van der Waals surface area (Å²) >= 11 is 0. The Kier molecular flexibility index (Phi) is 4.92. The Morgan fingerprint density at radius 1 is 1.19 bits per heavy atom. The fraction of sp³-hybridized carbons (Fsp3) is 0.278. The third kappa shape index (κ3) is 4.01. The summed E-state index contributed by atoms with van der Waals surface area (Å²) in [6.45, 7) is 0.601. The van der Waals surface area contributed by atoms with Crippen molar-refractivity contribution < 1.29 is 22.8 Å². The highest BCUT2D eigenvalue weighted by atomic mass is 19.4. The van der Waals surface area contributed by atoms with Crippen LogP contribution in [-0.4, -0.2) is 29.4 Å². The molecule has 1 aromatic heterocycles. The second kappa shape index (κ2) is 7.15. The summed E-state index contributed by atoms with van der Waals surface area (Å²) in [5, 5.41) is 5.34. The molecule has 136 valence electrons. The van der Waals surface area contributed by atoms with E-state index in [9.17, 15) is 22.8 Å². The van der Waals surface area contributed by atoms with E-state index in [0.29, 0.717) is 24.1 Å². The molecule has 1 aliphatic rings. The maximum absolute atomic E-state index is 12.8. The third-order valence-electron chi connectivity index (χ3n) is 4.12. The molecule has 0 aliphatic carbocycles. The Labute approximate surface area is 147 Å². The maximum atomic E-state index is 12.8. The van der Waals surface area contributed by atoms with Gasteiger partial charge in [-0.1, -0.05) is 12.1 Å². The van der Waals surface area contributed by atoms with Crippen LogP contribution in [0.3, 0.4) is 0 Å². The molecule has 1 saturated heterocycles. The average Bonchev–Trinajstić information content (AvgIpc) is 2.63. The first-order chi connectivity index (χ1) is 12.3. The lowest BCUT2D eigenvalue weighted by molar-refractivity contribution is -0.137. The fourth-order valence-corrected chi connectivity index (χ4v) is 2.71. The van der Waals surface area contributed by atoms with Crippen LogP contribution >= 0.6 is 0 Å². The number of nitrogens with zero attached hydrogens (tertiary/aromatic N) is 1. The van der Waals surface area contributed by atoms with Gasteiger partial charge in [-0.25, -0.2) is 0 Å². The molecule has 0 radical (unpaired) electrons. The molecular weight excluding hydrogens is 347 g/mol. The van der Waals surface area contributed by atoms with E-state index >= 15 is 0 Å². The zero-order valence-electron chi connectivity index (χ0n) is 13.6. The number of piperidine rings is 1. The summed E-state index contributed by atoms with van der Waals surface area (Å²) in [5.74, 6) is -0.620. The van der Waals surface area contributed by atoms with Crippen molar-refractivity contribution in [2.24, 2.45) is 0 Å². The minimum absolute atomic E-state index is 0.165. The van der Waals surface area contributed by atoms with Gasteiger partial charge in [-0.15, -0.1) is 0 Å². The second-order valence-electron chi connectivity index (χ2n) is 5.96. The quantitative estimate of drug-likeness (QED) is 0.881. The van der Waals surface area contributed by atoms with E-state index in [1.807, 2.05) is 0 Å². The average molecular weight is 363 g/mol. The lowest BCUT2D eigenvalue weighted by atomic mass is 10.0. The number of aromatic nitrogens is 1. The Morgan fingerprint density at radius 3 is 2.58 bits per heavy atom. The first-order valence-electron chi connectivity index (χ1n) is 8.07. The van der Waals surface area contributed by atoms with Crippen LogP contribution in [0.5, 0.6) is 0 Å². The van der Waals surface area contributed by atoms with Crippen LogP contribution in [0.4, 0.5) is 13.2 Å². The maximum Gasteiger partial charge on any atom is 0.416 e. The molecule has 2 aromatic rings. The highest BCUT2D eigenvalue weighted by Gasteiger charge is 2.30. The van der Waals surface area contributed by atoms with Gasteiger partial charge in [0.25, 0.3) is 5.91 Å². The van der Waals surface area contributed by atoms with Gasteiger partial charge in [0.05, 0.1) is 11.3 Å². The van der Waals surface area contributed by atoms with Crippen molar-refractivity contribution in [1.82, 2.24) is 15.6 Å². The summed E-state index contributed by atoms with van der Waals surface area (Å²) in [5.41, 5.74) is 0.160. The van der Waals surface area contributed by atoms with Crippen LogP contribution < -0.4 is 10.6 Å². The fourth-order valence-electron chi connectivity index (χ4n) is 2.71. The number of amides is 2. The van der Waals surface area contributed by atoms with Crippen LogP contribution in [-0.2, 0) is 11.0 Å². The molecule has 2 amide bonds. The molecule has 1 aromatic carbocycles. The van der Waals surface area contributed by atoms with Gasteiger partial charge in [-0.05, 0) is 37.1 Å². The monoisotopic (exact) mass is 363 g/mol. The van der Waals surface area contributed by atoms with E-state index in [1.54, 1.807) is 0 Å². The van der Waals surface area contributed by atoms with E-state index in [4.69, 9.17) is 0 Å². The van der Waals surface area contributed by atoms with Gasteiger partial charge in [0.2, 0.25) is 5.91 Å². The molecule has 1 fully saturated rings. The summed E-state index contributed by atoms with van der Waals surface area (Å²) in [4.78, 5) is 27.9. The molecule has 26 heavy (non-hydrogen) atoms. The van der Waals surface area contributed by atoms with Gasteiger partial charge >= 0.3 is 6.18 Å². The van der Waals surface area contributed by atoms with Gasteiger partial charge < -0.3 is 10.6 Å². The summed E-state index contributed by atoms with van der Waals surface area (Å²) < 4.78 is 38.4. The predicted molar refractivity (Wildman–Crippen MR) is 88.2 cm³/mol. The van der Waals surface area contributed by atoms with Crippen LogP contribution in [0.25, 0.3) is 11.3 Å². The zero-order chi connectivity index (χ0) is 18.7. The standard InChI is InChI=1S/C18H16F3N3O2/c19-18(20,21)13-7-9-22-15(10-13)11-3-5-12(6-4-11)16(25)24-14-2-1-8-23-17(14)26/h3-7,9-10,14H,1-2,8H2,(H,23,26)(H,24,25). The highest BCUT2D eigenvalue weighted by Crippen LogP contribution is 2.31. The molecule has 8 heteroatoms. The molecule has 0 saturated carbocycles. The minimum Gasteiger partial charge on any atom is -0.354 e. The molecule has 5 nitrogen and oxygen atoms in total. The Bertz CT molecular complexity index is 819. The number of nitrogens with one attached hydrogen (secondary N) is 2. The molecule has 1 unspecified atom stereocenters. The van der Waals surface area contributed by atoms with Crippen molar-refractivity contribution in [2.45, 2.75) is 25.1 Å². The van der Waals surface area contributed by atoms with Crippen molar-refractivity contribution in [2.75, 3.05) is 6.54 Å². The summed E-state index contributed by atoms with van der Waals surface area (Å²) in [6, 6.07) is 7.33. The topological polar surface area (TPSA) is 71.1 Å². The first-order valence-corrected chi connectivity index (χ1v) is 8.07. The molecule has 2 heterocycles. The summed E-state index contributed by atoms with van der Waals surface area (Å²) in [6.07, 6.45) is -1.99. The van der Waals surface area contributed by atoms with Gasteiger partial charge in [-0.2, -0.15) is 13.2 Å². The van der Waals surface area contributed by atoms with Crippen LogP contribution in [0.1, 0.15) is 28.8 Å². The first kappa shape index (κ1) is 17.9. The molecule has 2 N–H and O–H groups in total. The normalized spacial score (nSPS) is 17.5.